The molecule has 0 radical (unpaired) electrons. The van der Waals surface area contributed by atoms with Crippen molar-refractivity contribution in [2.75, 3.05) is 20.3 Å². The number of aromatic nitrogens is 2. The van der Waals surface area contributed by atoms with E-state index >= 15 is 0 Å². The molecule has 0 amide bonds. The van der Waals surface area contributed by atoms with Crippen molar-refractivity contribution in [2.45, 2.75) is 13.0 Å². The number of nitrogens with zero attached hydrogens (tertiary/aromatic N) is 2. The Balaban J connectivity index is 2.12. The van der Waals surface area contributed by atoms with Crippen molar-refractivity contribution in [1.82, 2.24) is 9.78 Å². The number of methoxy groups -OCH3 is 1. The predicted octanol–water partition coefficient (Wildman–Crippen LogP) is 1.03. The maximum absolute atomic E-state index is 12.0. The Bertz CT molecular complexity index is 640. The first-order valence-corrected chi connectivity index (χ1v) is 6.76. The zero-order valence-electron chi connectivity index (χ0n) is 12.0. The van der Waals surface area contributed by atoms with Crippen LogP contribution in [-0.4, -0.2) is 30.0 Å². The van der Waals surface area contributed by atoms with Gasteiger partial charge < -0.3 is 15.2 Å². The molecule has 1 aromatic heterocycles. The molecule has 0 aliphatic heterocycles. The lowest BCUT2D eigenvalue weighted by Crippen LogP contribution is -2.23. The summed E-state index contributed by atoms with van der Waals surface area (Å²) in [6.45, 7) is 1.39. The van der Waals surface area contributed by atoms with Crippen molar-refractivity contribution in [2.24, 2.45) is 5.73 Å². The highest BCUT2D eigenvalue weighted by Crippen LogP contribution is 2.17. The summed E-state index contributed by atoms with van der Waals surface area (Å²) >= 11 is 0. The van der Waals surface area contributed by atoms with Gasteiger partial charge in [0, 0.05) is 11.6 Å². The van der Waals surface area contributed by atoms with Crippen LogP contribution in [0.4, 0.5) is 0 Å². The van der Waals surface area contributed by atoms with Gasteiger partial charge in [-0.2, -0.15) is 5.10 Å². The Morgan fingerprint density at radius 3 is 2.86 bits per heavy atom. The number of para-hydroxylation sites is 1. The fourth-order valence-electron chi connectivity index (χ4n) is 1.88. The molecule has 2 rings (SSSR count). The summed E-state index contributed by atoms with van der Waals surface area (Å²) in [7, 11) is 1.60. The Morgan fingerprint density at radius 1 is 1.33 bits per heavy atom. The molecule has 0 saturated heterocycles. The first-order chi connectivity index (χ1) is 10.2. The van der Waals surface area contributed by atoms with E-state index in [1.807, 2.05) is 24.3 Å². The van der Waals surface area contributed by atoms with E-state index in [1.54, 1.807) is 7.11 Å². The average Bonchev–Trinajstić information content (AvgIpc) is 2.50. The smallest absolute Gasteiger partial charge is 0.270 e. The monoisotopic (exact) mass is 289 g/mol. The van der Waals surface area contributed by atoms with Crippen molar-refractivity contribution in [3.63, 3.8) is 0 Å². The summed E-state index contributed by atoms with van der Waals surface area (Å²) in [4.78, 5) is 12.0. The first kappa shape index (κ1) is 15.1. The molecule has 2 N–H and O–H groups in total. The summed E-state index contributed by atoms with van der Waals surface area (Å²) in [6, 6.07) is 8.96. The van der Waals surface area contributed by atoms with Gasteiger partial charge in [-0.3, -0.25) is 4.79 Å². The summed E-state index contributed by atoms with van der Waals surface area (Å²) in [5, 5.41) is 4.12. The van der Waals surface area contributed by atoms with E-state index < -0.39 is 0 Å². The van der Waals surface area contributed by atoms with Crippen LogP contribution in [0.3, 0.4) is 0 Å². The highest BCUT2D eigenvalue weighted by molar-refractivity contribution is 5.33. The van der Waals surface area contributed by atoms with Crippen LogP contribution in [0.2, 0.25) is 0 Å². The Kier molecular flexibility index (Phi) is 5.34. The fourth-order valence-corrected chi connectivity index (χ4v) is 1.88. The van der Waals surface area contributed by atoms with Gasteiger partial charge in [0.2, 0.25) is 0 Å². The first-order valence-electron chi connectivity index (χ1n) is 6.76. The summed E-state index contributed by atoms with van der Waals surface area (Å²) in [5.74, 6) is 1.19. The highest BCUT2D eigenvalue weighted by atomic mass is 16.5. The van der Waals surface area contributed by atoms with Crippen LogP contribution in [0.1, 0.15) is 12.0 Å². The molecule has 0 bridgehead atoms. The number of nitrogens with two attached hydrogens (primary N) is 1. The van der Waals surface area contributed by atoms with E-state index in [9.17, 15) is 4.79 Å². The summed E-state index contributed by atoms with van der Waals surface area (Å²) < 4.78 is 12.0. The van der Waals surface area contributed by atoms with E-state index in [0.717, 1.165) is 17.7 Å². The van der Waals surface area contributed by atoms with Crippen molar-refractivity contribution in [3.8, 4) is 11.5 Å². The average molecular weight is 289 g/mol. The van der Waals surface area contributed by atoms with Gasteiger partial charge in [0.05, 0.1) is 26.5 Å². The molecule has 21 heavy (non-hydrogen) atoms. The number of hydrogen-bond donors (Lipinski definition) is 1. The lowest BCUT2D eigenvalue weighted by molar-refractivity contribution is 0.309. The van der Waals surface area contributed by atoms with Crippen molar-refractivity contribution < 1.29 is 9.47 Å². The van der Waals surface area contributed by atoms with Crippen molar-refractivity contribution in [1.29, 1.82) is 0 Å². The second kappa shape index (κ2) is 7.44. The van der Waals surface area contributed by atoms with Gasteiger partial charge in [0.15, 0.2) is 0 Å². The molecule has 0 spiro atoms. The minimum atomic E-state index is -0.217. The Labute approximate surface area is 123 Å². The molecule has 6 nitrogen and oxygen atoms in total. The van der Waals surface area contributed by atoms with Gasteiger partial charge in [-0.05, 0) is 19.0 Å². The third-order valence-electron chi connectivity index (χ3n) is 2.97. The van der Waals surface area contributed by atoms with Crippen LogP contribution in [0.15, 0.2) is 41.3 Å². The van der Waals surface area contributed by atoms with Gasteiger partial charge in [0.1, 0.15) is 11.5 Å². The van der Waals surface area contributed by atoms with Gasteiger partial charge in [-0.15, -0.1) is 0 Å². The van der Waals surface area contributed by atoms with Crippen molar-refractivity contribution in [3.05, 3.63) is 52.4 Å². The van der Waals surface area contributed by atoms with Crippen LogP contribution in [-0.2, 0) is 6.54 Å². The Morgan fingerprint density at radius 2 is 2.14 bits per heavy atom. The topological polar surface area (TPSA) is 79.4 Å². The minimum Gasteiger partial charge on any atom is -0.496 e. The molecule has 1 heterocycles. The van der Waals surface area contributed by atoms with Gasteiger partial charge in [-0.1, -0.05) is 18.2 Å². The number of hydrogen-bond acceptors (Lipinski definition) is 5. The van der Waals surface area contributed by atoms with Crippen LogP contribution >= 0.6 is 0 Å². The molecule has 0 unspecified atom stereocenters. The molecule has 0 fully saturated rings. The van der Waals surface area contributed by atoms with E-state index in [2.05, 4.69) is 5.10 Å². The maximum atomic E-state index is 12.0. The standard InChI is InChI=1S/C15H19N3O3/c1-20-14-6-3-2-5-12(14)11-18-15(19)9-13(10-17-18)21-8-4-7-16/h2-3,5-6,9-10H,4,7-8,11,16H2,1H3. The molecule has 112 valence electrons. The zero-order chi connectivity index (χ0) is 15.1. The largest absolute Gasteiger partial charge is 0.496 e. The molecule has 0 aliphatic carbocycles. The molecule has 2 aromatic rings. The second-order valence-electron chi connectivity index (χ2n) is 4.49. The van der Waals surface area contributed by atoms with Gasteiger partial charge >= 0.3 is 0 Å². The number of benzene rings is 1. The molecule has 0 saturated carbocycles. The normalized spacial score (nSPS) is 10.4. The summed E-state index contributed by atoms with van der Waals surface area (Å²) in [6.07, 6.45) is 2.28. The van der Waals surface area contributed by atoms with E-state index in [1.165, 1.54) is 16.9 Å². The summed E-state index contributed by atoms with van der Waals surface area (Å²) in [5.41, 5.74) is 6.06. The molecule has 0 atom stereocenters. The minimum absolute atomic E-state index is 0.217. The van der Waals surface area contributed by atoms with Crippen LogP contribution < -0.4 is 20.8 Å². The van der Waals surface area contributed by atoms with E-state index in [0.29, 0.717) is 25.4 Å². The van der Waals surface area contributed by atoms with E-state index in [-0.39, 0.29) is 5.56 Å². The SMILES string of the molecule is COc1ccccc1Cn1ncc(OCCCN)cc1=O. The predicted molar refractivity (Wildman–Crippen MR) is 79.8 cm³/mol. The molecular formula is C15H19N3O3. The van der Waals surface area contributed by atoms with Gasteiger partial charge in [0.25, 0.3) is 5.56 Å². The van der Waals surface area contributed by atoms with Crippen LogP contribution in [0.5, 0.6) is 11.5 Å². The number of rotatable bonds is 7. The van der Waals surface area contributed by atoms with Gasteiger partial charge in [-0.25, -0.2) is 4.68 Å². The second-order valence-corrected chi connectivity index (χ2v) is 4.49. The molecule has 6 heteroatoms. The fraction of sp³-hybridized carbons (Fsp3) is 0.333. The molecule has 0 aliphatic rings. The molecule has 1 aromatic carbocycles. The zero-order valence-corrected chi connectivity index (χ0v) is 12.0. The quantitative estimate of drug-likeness (QED) is 0.770. The Hall–Kier alpha value is -2.34. The number of ether oxygens (including phenoxy) is 2. The lowest BCUT2D eigenvalue weighted by atomic mass is 10.2. The van der Waals surface area contributed by atoms with E-state index in [4.69, 9.17) is 15.2 Å². The van der Waals surface area contributed by atoms with Crippen LogP contribution in [0.25, 0.3) is 0 Å². The third kappa shape index (κ3) is 4.06. The molecular weight excluding hydrogens is 270 g/mol. The van der Waals surface area contributed by atoms with Crippen molar-refractivity contribution >= 4 is 0 Å². The third-order valence-corrected chi connectivity index (χ3v) is 2.97. The maximum Gasteiger partial charge on any atom is 0.270 e. The highest BCUT2D eigenvalue weighted by Gasteiger charge is 2.06. The lowest BCUT2D eigenvalue weighted by Gasteiger charge is -2.10. The van der Waals surface area contributed by atoms with Crippen LogP contribution in [0, 0.1) is 0 Å².